The van der Waals surface area contributed by atoms with E-state index in [4.69, 9.17) is 16.3 Å². The summed E-state index contributed by atoms with van der Waals surface area (Å²) in [6.45, 7) is 2.04. The van der Waals surface area contributed by atoms with Crippen LogP contribution in [0, 0.1) is 6.92 Å². The Hall–Kier alpha value is -2.78. The molecule has 4 heteroatoms. The molecule has 0 saturated heterocycles. The second kappa shape index (κ2) is 7.66. The number of hydrogen-bond acceptors (Lipinski definition) is 3. The summed E-state index contributed by atoms with van der Waals surface area (Å²) in [4.78, 5) is 0. The minimum absolute atomic E-state index is 0.703. The molecule has 1 N–H and O–H groups in total. The zero-order valence-corrected chi connectivity index (χ0v) is 14.0. The van der Waals surface area contributed by atoms with Gasteiger partial charge in [-0.25, -0.2) is 0 Å². The molecule has 0 aromatic heterocycles. The maximum atomic E-state index is 5.84. The van der Waals surface area contributed by atoms with E-state index in [1.54, 1.807) is 6.21 Å². The highest BCUT2D eigenvalue weighted by molar-refractivity contribution is 6.30. The Labute approximate surface area is 146 Å². The zero-order chi connectivity index (χ0) is 16.8. The van der Waals surface area contributed by atoms with Crippen LogP contribution >= 0.6 is 11.6 Å². The lowest BCUT2D eigenvalue weighted by Gasteiger charge is -2.06. The molecule has 0 spiro atoms. The molecule has 3 nitrogen and oxygen atoms in total. The molecule has 0 unspecified atom stereocenters. The Balaban J connectivity index is 1.59. The van der Waals surface area contributed by atoms with Crippen molar-refractivity contribution in [2.24, 2.45) is 5.10 Å². The van der Waals surface area contributed by atoms with Crippen molar-refractivity contribution in [3.8, 4) is 11.5 Å². The summed E-state index contributed by atoms with van der Waals surface area (Å²) in [7, 11) is 0. The van der Waals surface area contributed by atoms with Crippen LogP contribution in [-0.2, 0) is 0 Å². The second-order valence-corrected chi connectivity index (χ2v) is 5.80. The molecule has 3 rings (SSSR count). The van der Waals surface area contributed by atoms with Crippen molar-refractivity contribution in [1.29, 1.82) is 0 Å². The van der Waals surface area contributed by atoms with Crippen molar-refractivity contribution in [2.45, 2.75) is 6.92 Å². The lowest BCUT2D eigenvalue weighted by molar-refractivity contribution is 0.482. The SMILES string of the molecule is Cc1cccc(Oc2ccc(C=NNc3ccc(Cl)cc3)cc2)c1. The van der Waals surface area contributed by atoms with Crippen molar-refractivity contribution in [1.82, 2.24) is 0 Å². The van der Waals surface area contributed by atoms with Crippen LogP contribution in [0.2, 0.25) is 5.02 Å². The number of anilines is 1. The molecule has 3 aromatic rings. The summed E-state index contributed by atoms with van der Waals surface area (Å²) in [6, 6.07) is 23.1. The average Bonchev–Trinajstić information content (AvgIpc) is 2.58. The van der Waals surface area contributed by atoms with Crippen molar-refractivity contribution in [2.75, 3.05) is 5.43 Å². The van der Waals surface area contributed by atoms with E-state index in [1.165, 1.54) is 5.56 Å². The van der Waals surface area contributed by atoms with Crippen LogP contribution < -0.4 is 10.2 Å². The third kappa shape index (κ3) is 4.61. The fourth-order valence-corrected chi connectivity index (χ4v) is 2.27. The summed E-state index contributed by atoms with van der Waals surface area (Å²) < 4.78 is 5.83. The van der Waals surface area contributed by atoms with Gasteiger partial charge in [0.25, 0.3) is 0 Å². The highest BCUT2D eigenvalue weighted by Crippen LogP contribution is 2.22. The summed E-state index contributed by atoms with van der Waals surface area (Å²) in [5.74, 6) is 1.63. The Morgan fingerprint density at radius 3 is 2.38 bits per heavy atom. The van der Waals surface area contributed by atoms with Crippen molar-refractivity contribution in [3.63, 3.8) is 0 Å². The smallest absolute Gasteiger partial charge is 0.127 e. The van der Waals surface area contributed by atoms with Crippen molar-refractivity contribution >= 4 is 23.5 Å². The van der Waals surface area contributed by atoms with Gasteiger partial charge in [-0.3, -0.25) is 5.43 Å². The van der Waals surface area contributed by atoms with Gasteiger partial charge in [-0.2, -0.15) is 5.10 Å². The molecule has 0 aliphatic rings. The standard InChI is InChI=1S/C20H17ClN2O/c1-15-3-2-4-20(13-15)24-19-11-5-16(6-12-19)14-22-23-18-9-7-17(21)8-10-18/h2-14,23H,1H3. The number of benzene rings is 3. The molecular weight excluding hydrogens is 320 g/mol. The van der Waals surface area contributed by atoms with Crippen LogP contribution in [0.25, 0.3) is 0 Å². The minimum Gasteiger partial charge on any atom is -0.457 e. The van der Waals surface area contributed by atoms with Crippen LogP contribution in [0.4, 0.5) is 5.69 Å². The molecule has 0 aliphatic heterocycles. The maximum Gasteiger partial charge on any atom is 0.127 e. The number of hydrogen-bond donors (Lipinski definition) is 1. The number of rotatable bonds is 5. The van der Waals surface area contributed by atoms with Gasteiger partial charge < -0.3 is 4.74 Å². The molecule has 120 valence electrons. The van der Waals surface area contributed by atoms with E-state index >= 15 is 0 Å². The van der Waals surface area contributed by atoms with Crippen molar-refractivity contribution < 1.29 is 4.74 Å². The van der Waals surface area contributed by atoms with Gasteiger partial charge in [0.05, 0.1) is 11.9 Å². The second-order valence-electron chi connectivity index (χ2n) is 5.36. The van der Waals surface area contributed by atoms with Gasteiger partial charge in [-0.1, -0.05) is 23.7 Å². The third-order valence-corrected chi connectivity index (χ3v) is 3.61. The Morgan fingerprint density at radius 1 is 0.917 bits per heavy atom. The normalized spacial score (nSPS) is 10.8. The van der Waals surface area contributed by atoms with Gasteiger partial charge in [-0.15, -0.1) is 0 Å². The number of hydrazone groups is 1. The molecule has 0 radical (unpaired) electrons. The third-order valence-electron chi connectivity index (χ3n) is 3.36. The fraction of sp³-hybridized carbons (Fsp3) is 0.0500. The molecular formula is C20H17ClN2O. The van der Waals surface area contributed by atoms with Crippen LogP contribution in [0.15, 0.2) is 77.9 Å². The Kier molecular flexibility index (Phi) is 5.14. The topological polar surface area (TPSA) is 33.6 Å². The van der Waals surface area contributed by atoms with Gasteiger partial charge >= 0.3 is 0 Å². The number of aryl methyl sites for hydroxylation is 1. The molecule has 24 heavy (non-hydrogen) atoms. The zero-order valence-electron chi connectivity index (χ0n) is 13.2. The van der Waals surface area contributed by atoms with Crippen LogP contribution in [-0.4, -0.2) is 6.21 Å². The summed E-state index contributed by atoms with van der Waals surface area (Å²) in [5, 5.41) is 4.91. The van der Waals surface area contributed by atoms with Gasteiger partial charge in [0.15, 0.2) is 0 Å². The maximum absolute atomic E-state index is 5.84. The average molecular weight is 337 g/mol. The molecule has 0 heterocycles. The van der Waals surface area contributed by atoms with E-state index in [2.05, 4.69) is 10.5 Å². The van der Waals surface area contributed by atoms with Gasteiger partial charge in [0, 0.05) is 5.02 Å². The van der Waals surface area contributed by atoms with E-state index < -0.39 is 0 Å². The van der Waals surface area contributed by atoms with E-state index in [9.17, 15) is 0 Å². The number of ether oxygens (including phenoxy) is 1. The molecule has 0 amide bonds. The van der Waals surface area contributed by atoms with E-state index in [0.29, 0.717) is 5.02 Å². The molecule has 0 aliphatic carbocycles. The largest absolute Gasteiger partial charge is 0.457 e. The predicted molar refractivity (Wildman–Crippen MR) is 100 cm³/mol. The number of nitrogens with zero attached hydrogens (tertiary/aromatic N) is 1. The van der Waals surface area contributed by atoms with Crippen molar-refractivity contribution in [3.05, 3.63) is 88.9 Å². The predicted octanol–water partition coefficient (Wildman–Crippen LogP) is 5.89. The van der Waals surface area contributed by atoms with E-state index in [1.807, 2.05) is 79.7 Å². The quantitative estimate of drug-likeness (QED) is 0.465. The number of halogens is 1. The Morgan fingerprint density at radius 2 is 1.67 bits per heavy atom. The lowest BCUT2D eigenvalue weighted by atomic mass is 10.2. The molecule has 0 bridgehead atoms. The monoisotopic (exact) mass is 336 g/mol. The highest BCUT2D eigenvalue weighted by atomic mass is 35.5. The first-order valence-corrected chi connectivity index (χ1v) is 7.96. The summed E-state index contributed by atoms with van der Waals surface area (Å²) in [6.07, 6.45) is 1.76. The lowest BCUT2D eigenvalue weighted by Crippen LogP contribution is -1.90. The van der Waals surface area contributed by atoms with Crippen LogP contribution in [0.5, 0.6) is 11.5 Å². The minimum atomic E-state index is 0.703. The highest BCUT2D eigenvalue weighted by Gasteiger charge is 1.97. The molecule has 3 aromatic carbocycles. The number of nitrogens with one attached hydrogen (secondary N) is 1. The van der Waals surface area contributed by atoms with Crippen LogP contribution in [0.3, 0.4) is 0 Å². The van der Waals surface area contributed by atoms with Gasteiger partial charge in [0.1, 0.15) is 11.5 Å². The Bertz CT molecular complexity index is 827. The molecule has 0 atom stereocenters. The van der Waals surface area contributed by atoms with E-state index in [0.717, 1.165) is 22.7 Å². The summed E-state index contributed by atoms with van der Waals surface area (Å²) >= 11 is 5.84. The van der Waals surface area contributed by atoms with Gasteiger partial charge in [0.2, 0.25) is 0 Å². The first-order chi connectivity index (χ1) is 11.7. The molecule has 0 saturated carbocycles. The molecule has 0 fully saturated rings. The first kappa shape index (κ1) is 16.1. The van der Waals surface area contributed by atoms with E-state index in [-0.39, 0.29) is 0 Å². The van der Waals surface area contributed by atoms with Gasteiger partial charge in [-0.05, 0) is 78.7 Å². The fourth-order valence-electron chi connectivity index (χ4n) is 2.14. The first-order valence-electron chi connectivity index (χ1n) is 7.58. The summed E-state index contributed by atoms with van der Waals surface area (Å²) in [5.41, 5.74) is 6.00. The van der Waals surface area contributed by atoms with Crippen LogP contribution in [0.1, 0.15) is 11.1 Å².